The maximum atomic E-state index is 4.94. The van der Waals surface area contributed by atoms with Crippen molar-refractivity contribution in [2.24, 2.45) is 11.8 Å². The van der Waals surface area contributed by atoms with Crippen molar-refractivity contribution in [2.75, 3.05) is 0 Å². The van der Waals surface area contributed by atoms with E-state index in [-0.39, 0.29) is 12.2 Å². The third kappa shape index (κ3) is 0.471. The predicted molar refractivity (Wildman–Crippen MR) is 31.6 cm³/mol. The Labute approximate surface area is 58.4 Å². The van der Waals surface area contributed by atoms with Crippen LogP contribution >= 0.6 is 0 Å². The van der Waals surface area contributed by atoms with E-state index in [9.17, 15) is 0 Å². The molecule has 4 atom stereocenters. The highest BCUT2D eigenvalue weighted by atomic mass is 17.5. The first-order valence-corrected chi connectivity index (χ1v) is 3.62. The SMILES string of the molecule is C1=CC2CC1C1OOOC21. The zero-order valence-electron chi connectivity index (χ0n) is 5.40. The van der Waals surface area contributed by atoms with Crippen LogP contribution in [0.15, 0.2) is 12.2 Å². The van der Waals surface area contributed by atoms with Crippen LogP contribution in [0.3, 0.4) is 0 Å². The van der Waals surface area contributed by atoms with Crippen LogP contribution in [-0.4, -0.2) is 12.2 Å². The molecule has 10 heavy (non-hydrogen) atoms. The summed E-state index contributed by atoms with van der Waals surface area (Å²) < 4.78 is 0. The molecule has 2 fully saturated rings. The van der Waals surface area contributed by atoms with E-state index in [1.54, 1.807) is 0 Å². The lowest BCUT2D eigenvalue weighted by Crippen LogP contribution is -2.26. The molecule has 0 radical (unpaired) electrons. The van der Waals surface area contributed by atoms with Gasteiger partial charge in [-0.25, -0.2) is 0 Å². The van der Waals surface area contributed by atoms with Gasteiger partial charge < -0.3 is 0 Å². The Hall–Kier alpha value is -0.380. The fraction of sp³-hybridized carbons (Fsp3) is 0.714. The molecule has 54 valence electrons. The third-order valence-electron chi connectivity index (χ3n) is 2.62. The van der Waals surface area contributed by atoms with Gasteiger partial charge in [-0.1, -0.05) is 17.2 Å². The summed E-state index contributed by atoms with van der Waals surface area (Å²) in [4.78, 5) is 9.87. The standard InChI is InChI=1S/C7H8O3/c1-2-5-3-4(1)6-7(5)9-10-8-6/h1-2,4-7H,3H2. The molecule has 3 heteroatoms. The zero-order valence-corrected chi connectivity index (χ0v) is 5.40. The average molecular weight is 140 g/mol. The second-order valence-corrected chi connectivity index (χ2v) is 3.14. The molecule has 3 aliphatic rings. The van der Waals surface area contributed by atoms with Crippen LogP contribution in [0.4, 0.5) is 0 Å². The Balaban J connectivity index is 1.99. The van der Waals surface area contributed by atoms with Crippen LogP contribution < -0.4 is 0 Å². The van der Waals surface area contributed by atoms with Crippen LogP contribution in [0.25, 0.3) is 0 Å². The number of hydrogen-bond acceptors (Lipinski definition) is 3. The quantitative estimate of drug-likeness (QED) is 0.368. The molecule has 0 aromatic rings. The predicted octanol–water partition coefficient (Wildman–Crippen LogP) is 0.823. The van der Waals surface area contributed by atoms with Crippen LogP contribution in [0.5, 0.6) is 0 Å². The summed E-state index contributed by atoms with van der Waals surface area (Å²) in [5.41, 5.74) is 0. The van der Waals surface area contributed by atoms with Crippen LogP contribution in [0, 0.1) is 11.8 Å². The molecule has 1 aliphatic heterocycles. The molecule has 4 unspecified atom stereocenters. The van der Waals surface area contributed by atoms with Gasteiger partial charge >= 0.3 is 0 Å². The summed E-state index contributed by atoms with van der Waals surface area (Å²) in [6.45, 7) is 0. The Bertz CT molecular complexity index is 171. The fourth-order valence-corrected chi connectivity index (χ4v) is 2.10. The maximum Gasteiger partial charge on any atom is 0.132 e. The van der Waals surface area contributed by atoms with Gasteiger partial charge in [0.05, 0.1) is 0 Å². The van der Waals surface area contributed by atoms with Gasteiger partial charge in [0.1, 0.15) is 12.2 Å². The van der Waals surface area contributed by atoms with Crippen LogP contribution in [-0.2, 0) is 14.8 Å². The highest BCUT2D eigenvalue weighted by Gasteiger charge is 2.51. The van der Waals surface area contributed by atoms with E-state index in [0.717, 1.165) is 0 Å². The molecule has 3 nitrogen and oxygen atoms in total. The summed E-state index contributed by atoms with van der Waals surface area (Å²) in [5.74, 6) is 1.08. The van der Waals surface area contributed by atoms with Gasteiger partial charge in [0.2, 0.25) is 0 Å². The second kappa shape index (κ2) is 1.61. The number of fused-ring (bicyclic) bond motifs is 5. The topological polar surface area (TPSA) is 27.7 Å². The lowest BCUT2D eigenvalue weighted by molar-refractivity contribution is -0.470. The molecule has 0 N–H and O–H groups in total. The van der Waals surface area contributed by atoms with Gasteiger partial charge in [-0.3, -0.25) is 0 Å². The molecular weight excluding hydrogens is 132 g/mol. The molecule has 0 aromatic heterocycles. The lowest BCUT2D eigenvalue weighted by atomic mass is 10.0. The van der Waals surface area contributed by atoms with Crippen molar-refractivity contribution in [1.82, 2.24) is 0 Å². The zero-order chi connectivity index (χ0) is 6.55. The van der Waals surface area contributed by atoms with E-state index >= 15 is 0 Å². The van der Waals surface area contributed by atoms with E-state index in [0.29, 0.717) is 11.8 Å². The van der Waals surface area contributed by atoms with Crippen molar-refractivity contribution in [3.05, 3.63) is 12.2 Å². The van der Waals surface area contributed by atoms with Crippen molar-refractivity contribution < 1.29 is 14.8 Å². The fourth-order valence-electron chi connectivity index (χ4n) is 2.10. The van der Waals surface area contributed by atoms with Gasteiger partial charge in [0.25, 0.3) is 0 Å². The van der Waals surface area contributed by atoms with Crippen molar-refractivity contribution in [3.8, 4) is 0 Å². The molecule has 2 bridgehead atoms. The van der Waals surface area contributed by atoms with Crippen molar-refractivity contribution >= 4 is 0 Å². The van der Waals surface area contributed by atoms with E-state index in [1.807, 2.05) is 0 Å². The third-order valence-corrected chi connectivity index (χ3v) is 2.62. The van der Waals surface area contributed by atoms with E-state index in [1.165, 1.54) is 6.42 Å². The van der Waals surface area contributed by atoms with E-state index < -0.39 is 0 Å². The molecular formula is C7H8O3. The summed E-state index contributed by atoms with van der Waals surface area (Å²) in [6, 6.07) is 0. The largest absolute Gasteiger partial charge is 0.199 e. The second-order valence-electron chi connectivity index (χ2n) is 3.14. The first-order chi connectivity index (χ1) is 4.95. The molecule has 0 amide bonds. The summed E-state index contributed by atoms with van der Waals surface area (Å²) in [7, 11) is 0. The molecule has 1 saturated carbocycles. The Morgan fingerprint density at radius 1 is 1.00 bits per heavy atom. The van der Waals surface area contributed by atoms with Gasteiger partial charge in [-0.2, -0.15) is 9.78 Å². The minimum absolute atomic E-state index is 0.176. The highest BCUT2D eigenvalue weighted by Crippen LogP contribution is 2.45. The van der Waals surface area contributed by atoms with Crippen LogP contribution in [0.2, 0.25) is 0 Å². The number of hydrogen-bond donors (Lipinski definition) is 0. The Kier molecular flexibility index (Phi) is 0.853. The maximum absolute atomic E-state index is 4.94. The first kappa shape index (κ1) is 5.29. The highest BCUT2D eigenvalue weighted by molar-refractivity contribution is 5.15. The molecule has 1 saturated heterocycles. The smallest absolute Gasteiger partial charge is 0.132 e. The molecule has 3 rings (SSSR count). The summed E-state index contributed by atoms with van der Waals surface area (Å²) in [5, 5.41) is 4.45. The van der Waals surface area contributed by atoms with Crippen molar-refractivity contribution in [2.45, 2.75) is 18.6 Å². The van der Waals surface area contributed by atoms with Gasteiger partial charge in [-0.15, -0.1) is 0 Å². The minimum atomic E-state index is 0.176. The summed E-state index contributed by atoms with van der Waals surface area (Å²) in [6.07, 6.45) is 5.93. The van der Waals surface area contributed by atoms with Crippen molar-refractivity contribution in [3.63, 3.8) is 0 Å². The Morgan fingerprint density at radius 3 is 2.20 bits per heavy atom. The van der Waals surface area contributed by atoms with Gasteiger partial charge in [-0.05, 0) is 6.42 Å². The minimum Gasteiger partial charge on any atom is -0.199 e. The van der Waals surface area contributed by atoms with Gasteiger partial charge in [0, 0.05) is 11.8 Å². The molecule has 1 heterocycles. The monoisotopic (exact) mass is 140 g/mol. The summed E-state index contributed by atoms with van der Waals surface area (Å²) >= 11 is 0. The lowest BCUT2D eigenvalue weighted by Gasteiger charge is -2.12. The molecule has 0 aromatic carbocycles. The van der Waals surface area contributed by atoms with E-state index in [2.05, 4.69) is 17.2 Å². The Morgan fingerprint density at radius 2 is 1.60 bits per heavy atom. The van der Waals surface area contributed by atoms with Gasteiger partial charge in [0.15, 0.2) is 0 Å². The van der Waals surface area contributed by atoms with E-state index in [4.69, 9.17) is 9.78 Å². The van der Waals surface area contributed by atoms with Crippen molar-refractivity contribution in [1.29, 1.82) is 0 Å². The average Bonchev–Trinajstić information content (AvgIpc) is 2.60. The number of rotatable bonds is 0. The first-order valence-electron chi connectivity index (χ1n) is 3.62. The normalized spacial score (nSPS) is 56.0. The molecule has 2 aliphatic carbocycles. The molecule has 0 spiro atoms. The van der Waals surface area contributed by atoms with Crippen LogP contribution in [0.1, 0.15) is 6.42 Å².